The van der Waals surface area contributed by atoms with Gasteiger partial charge < -0.3 is 0 Å². The Morgan fingerprint density at radius 1 is 0.431 bits per heavy atom. The first-order chi connectivity index (χ1) is 28.3. The molecule has 0 saturated carbocycles. The number of nitriles is 2. The maximum absolute atomic E-state index is 14.4. The molecule has 0 aromatic heterocycles. The predicted molar refractivity (Wildman–Crippen MR) is 228 cm³/mol. The Bertz CT molecular complexity index is 2830. The Balaban J connectivity index is 1.19. The van der Waals surface area contributed by atoms with E-state index in [0.29, 0.717) is 65.6 Å². The SMILES string of the molecule is CCCCCCc1ccc(N2C(=O)c3ccc4c5c(C#N)cc6c7c(cc(C#N)c(c8ccc(c3c48)C2=O)c75)C(=O)N(c2ccc(CCCCCC)cc2)C6=O)cc1. The molecular weight excluding hydrogens is 721 g/mol. The van der Waals surface area contributed by atoms with Crippen LogP contribution < -0.4 is 9.80 Å². The van der Waals surface area contributed by atoms with Crippen molar-refractivity contribution in [2.75, 3.05) is 9.80 Å². The smallest absolute Gasteiger partial charge is 0.266 e. The van der Waals surface area contributed by atoms with Gasteiger partial charge in [0, 0.05) is 38.1 Å². The van der Waals surface area contributed by atoms with Gasteiger partial charge in [-0.05, 0) is 101 Å². The lowest BCUT2D eigenvalue weighted by Gasteiger charge is -2.31. The molecule has 2 heterocycles. The van der Waals surface area contributed by atoms with Crippen molar-refractivity contribution in [1.82, 2.24) is 0 Å². The normalized spacial score (nSPS) is 13.7. The van der Waals surface area contributed by atoms with Crippen LogP contribution in [0.25, 0.3) is 43.1 Å². The molecule has 58 heavy (non-hydrogen) atoms. The standard InChI is InChI=1S/C50H40N4O4/c1-3-5-7-9-11-29-13-17-33(18-14-29)53-47(55)37-23-21-35-41-31(27-51)25-39-45-40(50(58)54(49(39)57)34-19-15-30(16-20-34)12-10-8-6-4-2)26-32(28-52)42(46(41)45)36-22-24-38(48(53)56)44(37)43(35)36/h13-26H,3-12H2,1-2H3. The largest absolute Gasteiger partial charge is 0.268 e. The van der Waals surface area contributed by atoms with Crippen molar-refractivity contribution < 1.29 is 19.2 Å². The van der Waals surface area contributed by atoms with E-state index in [1.807, 2.05) is 36.4 Å². The molecule has 0 saturated heterocycles. The highest BCUT2D eigenvalue weighted by atomic mass is 16.2. The van der Waals surface area contributed by atoms with E-state index < -0.39 is 23.6 Å². The fourth-order valence-corrected chi connectivity index (χ4v) is 9.25. The van der Waals surface area contributed by atoms with Crippen LogP contribution in [0.15, 0.2) is 84.9 Å². The van der Waals surface area contributed by atoms with Gasteiger partial charge in [-0.1, -0.05) is 88.8 Å². The van der Waals surface area contributed by atoms with E-state index in [-0.39, 0.29) is 22.3 Å². The first-order valence-corrected chi connectivity index (χ1v) is 20.3. The summed E-state index contributed by atoms with van der Waals surface area (Å²) in [6.07, 6.45) is 10.9. The topological polar surface area (TPSA) is 122 Å². The molecule has 0 atom stereocenters. The Labute approximate surface area is 336 Å². The van der Waals surface area contributed by atoms with Gasteiger partial charge in [0.2, 0.25) is 0 Å². The summed E-state index contributed by atoms with van der Waals surface area (Å²) >= 11 is 0. The van der Waals surface area contributed by atoms with Crippen LogP contribution in [0.1, 0.15) is 129 Å². The molecule has 284 valence electrons. The molecule has 0 fully saturated rings. The third kappa shape index (κ3) is 5.55. The zero-order valence-electron chi connectivity index (χ0n) is 32.6. The number of carbonyl (C=O) groups excluding carboxylic acids is 4. The van der Waals surface area contributed by atoms with Gasteiger partial charge in [-0.15, -0.1) is 0 Å². The quantitative estimate of drug-likeness (QED) is 0.0529. The van der Waals surface area contributed by atoms with Crippen LogP contribution in [-0.4, -0.2) is 23.6 Å². The maximum atomic E-state index is 14.4. The highest BCUT2D eigenvalue weighted by Gasteiger charge is 2.39. The summed E-state index contributed by atoms with van der Waals surface area (Å²) in [5.74, 6) is -2.03. The molecule has 9 rings (SSSR count). The molecule has 8 heteroatoms. The third-order valence-corrected chi connectivity index (χ3v) is 12.1. The van der Waals surface area contributed by atoms with Crippen molar-refractivity contribution in [3.63, 3.8) is 0 Å². The minimum Gasteiger partial charge on any atom is -0.268 e. The van der Waals surface area contributed by atoms with Gasteiger partial charge in [-0.25, -0.2) is 9.80 Å². The van der Waals surface area contributed by atoms with Crippen molar-refractivity contribution in [2.24, 2.45) is 0 Å². The van der Waals surface area contributed by atoms with Crippen LogP contribution in [0.5, 0.6) is 0 Å². The number of unbranched alkanes of at least 4 members (excludes halogenated alkanes) is 6. The molecule has 0 aliphatic carbocycles. The summed E-state index contributed by atoms with van der Waals surface area (Å²) in [7, 11) is 0. The number of carbonyl (C=O) groups is 4. The van der Waals surface area contributed by atoms with Gasteiger partial charge in [0.1, 0.15) is 0 Å². The van der Waals surface area contributed by atoms with E-state index in [4.69, 9.17) is 0 Å². The summed E-state index contributed by atoms with van der Waals surface area (Å²) in [4.78, 5) is 59.8. The van der Waals surface area contributed by atoms with Gasteiger partial charge in [-0.3, -0.25) is 19.2 Å². The van der Waals surface area contributed by atoms with Gasteiger partial charge in [0.15, 0.2) is 0 Å². The lowest BCUT2D eigenvalue weighted by molar-refractivity contribution is 0.0877. The second-order valence-electron chi connectivity index (χ2n) is 15.6. The summed E-state index contributed by atoms with van der Waals surface area (Å²) in [6, 6.07) is 29.6. The summed E-state index contributed by atoms with van der Waals surface area (Å²) in [6.45, 7) is 4.35. The van der Waals surface area contributed by atoms with E-state index >= 15 is 0 Å². The first kappa shape index (κ1) is 36.7. The molecule has 7 aromatic rings. The number of rotatable bonds is 12. The van der Waals surface area contributed by atoms with E-state index in [0.717, 1.165) is 67.4 Å². The van der Waals surface area contributed by atoms with Crippen LogP contribution in [0.4, 0.5) is 11.4 Å². The molecule has 4 amide bonds. The molecule has 2 aliphatic rings. The van der Waals surface area contributed by atoms with Crippen LogP contribution in [0.2, 0.25) is 0 Å². The van der Waals surface area contributed by atoms with Gasteiger partial charge in [0.25, 0.3) is 23.6 Å². The van der Waals surface area contributed by atoms with Crippen molar-refractivity contribution >= 4 is 78.1 Å². The van der Waals surface area contributed by atoms with Crippen LogP contribution in [-0.2, 0) is 12.8 Å². The summed E-state index contributed by atoms with van der Waals surface area (Å²) in [5, 5.41) is 25.4. The Kier molecular flexibility index (Phi) is 9.21. The lowest BCUT2D eigenvalue weighted by Crippen LogP contribution is -2.40. The number of hydrogen-bond acceptors (Lipinski definition) is 6. The molecule has 0 radical (unpaired) electrons. The number of aryl methyl sites for hydroxylation is 2. The number of fused-ring (bicyclic) bond motifs is 2. The zero-order chi connectivity index (χ0) is 40.2. The van der Waals surface area contributed by atoms with Gasteiger partial charge in [0.05, 0.1) is 45.8 Å². The molecular formula is C50H40N4O4. The number of imide groups is 2. The lowest BCUT2D eigenvalue weighted by atomic mass is 9.79. The third-order valence-electron chi connectivity index (χ3n) is 12.1. The number of hydrogen-bond donors (Lipinski definition) is 0. The Morgan fingerprint density at radius 3 is 1.22 bits per heavy atom. The molecule has 0 bridgehead atoms. The molecule has 2 aliphatic heterocycles. The second-order valence-corrected chi connectivity index (χ2v) is 15.6. The molecule has 0 N–H and O–H groups in total. The average molecular weight is 761 g/mol. The molecule has 8 nitrogen and oxygen atoms in total. The average Bonchev–Trinajstić information content (AvgIpc) is 3.25. The predicted octanol–water partition coefficient (Wildman–Crippen LogP) is 11.3. The van der Waals surface area contributed by atoms with Gasteiger partial charge in [-0.2, -0.15) is 10.5 Å². The number of nitrogens with zero attached hydrogens (tertiary/aromatic N) is 4. The van der Waals surface area contributed by atoms with Crippen LogP contribution >= 0.6 is 0 Å². The maximum Gasteiger partial charge on any atom is 0.266 e. The first-order valence-electron chi connectivity index (χ1n) is 20.3. The van der Waals surface area contributed by atoms with Crippen molar-refractivity contribution in [1.29, 1.82) is 10.5 Å². The highest BCUT2D eigenvalue weighted by Crippen LogP contribution is 2.49. The zero-order valence-corrected chi connectivity index (χ0v) is 32.6. The minimum atomic E-state index is -0.552. The van der Waals surface area contributed by atoms with Gasteiger partial charge >= 0.3 is 0 Å². The van der Waals surface area contributed by atoms with Crippen molar-refractivity contribution in [3.8, 4) is 12.1 Å². The van der Waals surface area contributed by atoms with Crippen molar-refractivity contribution in [2.45, 2.75) is 78.1 Å². The Morgan fingerprint density at radius 2 is 0.828 bits per heavy atom. The molecule has 0 unspecified atom stereocenters. The van der Waals surface area contributed by atoms with E-state index in [1.165, 1.54) is 29.9 Å². The van der Waals surface area contributed by atoms with E-state index in [2.05, 4.69) is 26.0 Å². The van der Waals surface area contributed by atoms with Crippen molar-refractivity contribution in [3.05, 3.63) is 129 Å². The number of benzene rings is 7. The van der Waals surface area contributed by atoms with E-state index in [9.17, 15) is 29.7 Å². The highest BCUT2D eigenvalue weighted by molar-refractivity contribution is 6.46. The molecule has 0 spiro atoms. The second kappa shape index (κ2) is 14.6. The summed E-state index contributed by atoms with van der Waals surface area (Å²) < 4.78 is 0. The summed E-state index contributed by atoms with van der Waals surface area (Å²) in [5.41, 5.74) is 4.59. The molecule has 7 aromatic carbocycles. The number of amides is 4. The van der Waals surface area contributed by atoms with Crippen LogP contribution in [0, 0.1) is 22.7 Å². The fourth-order valence-electron chi connectivity index (χ4n) is 9.25. The minimum absolute atomic E-state index is 0.186. The van der Waals surface area contributed by atoms with E-state index in [1.54, 1.807) is 36.4 Å². The Hall–Kier alpha value is -6.90. The van der Waals surface area contributed by atoms with Crippen LogP contribution in [0.3, 0.4) is 0 Å². The fraction of sp³-hybridized carbons (Fsp3) is 0.240. The monoisotopic (exact) mass is 760 g/mol. The number of anilines is 2.